The number of thioether (sulfide) groups is 1. The van der Waals surface area contributed by atoms with Crippen LogP contribution in [0.25, 0.3) is 0 Å². The molecule has 1 N–H and O–H groups in total. The molecule has 1 aromatic rings. The minimum Gasteiger partial charge on any atom is -0.486 e. The molecule has 0 unspecified atom stereocenters. The predicted octanol–water partition coefficient (Wildman–Crippen LogP) is 2.02. The summed E-state index contributed by atoms with van der Waals surface area (Å²) in [6, 6.07) is 5.08. The average molecular weight is 337 g/mol. The number of hydrogen-bond acceptors (Lipinski definition) is 5. The van der Waals surface area contributed by atoms with Crippen molar-refractivity contribution in [3.8, 4) is 11.5 Å². The van der Waals surface area contributed by atoms with Crippen molar-refractivity contribution in [2.45, 2.75) is 30.2 Å². The molecule has 2 aliphatic heterocycles. The zero-order chi connectivity index (χ0) is 16.2. The van der Waals surface area contributed by atoms with E-state index in [0.717, 1.165) is 22.8 Å². The van der Waals surface area contributed by atoms with E-state index in [1.807, 2.05) is 18.2 Å². The van der Waals surface area contributed by atoms with E-state index in [-0.39, 0.29) is 5.91 Å². The standard InChI is InChI=1S/C16H19NO5S/c18-15(17-6-1-2-12(17)16(19)20)5-9-23-11-3-4-13-14(10-11)22-8-7-21-13/h3-4,10,12H,1-2,5-9H2,(H,19,20)/t12-/m0/s1. The summed E-state index contributed by atoms with van der Waals surface area (Å²) in [5.41, 5.74) is 0. The van der Waals surface area contributed by atoms with E-state index in [9.17, 15) is 9.59 Å². The van der Waals surface area contributed by atoms with Gasteiger partial charge in [0.25, 0.3) is 0 Å². The fourth-order valence-electron chi connectivity index (χ4n) is 2.84. The Morgan fingerprint density at radius 1 is 1.26 bits per heavy atom. The first-order chi connectivity index (χ1) is 11.1. The number of aliphatic carboxylic acids is 1. The maximum Gasteiger partial charge on any atom is 0.326 e. The van der Waals surface area contributed by atoms with E-state index in [0.29, 0.717) is 38.4 Å². The lowest BCUT2D eigenvalue weighted by Crippen LogP contribution is -2.40. The largest absolute Gasteiger partial charge is 0.486 e. The number of carbonyl (C=O) groups is 2. The van der Waals surface area contributed by atoms with Gasteiger partial charge in [0.2, 0.25) is 5.91 Å². The molecule has 0 aliphatic carbocycles. The molecule has 1 amide bonds. The summed E-state index contributed by atoms with van der Waals surface area (Å²) in [6.07, 6.45) is 1.65. The van der Waals surface area contributed by atoms with Gasteiger partial charge in [-0.3, -0.25) is 4.79 Å². The molecule has 0 radical (unpaired) electrons. The fraction of sp³-hybridized carbons (Fsp3) is 0.500. The number of likely N-dealkylation sites (tertiary alicyclic amines) is 1. The molecule has 1 fully saturated rings. The molecule has 7 heteroatoms. The second-order valence-electron chi connectivity index (χ2n) is 5.49. The monoisotopic (exact) mass is 337 g/mol. The Bertz CT molecular complexity index is 606. The van der Waals surface area contributed by atoms with E-state index in [1.165, 1.54) is 4.90 Å². The van der Waals surface area contributed by atoms with E-state index >= 15 is 0 Å². The number of fused-ring (bicyclic) bond motifs is 1. The lowest BCUT2D eigenvalue weighted by atomic mass is 10.2. The molecular weight excluding hydrogens is 318 g/mol. The summed E-state index contributed by atoms with van der Waals surface area (Å²) < 4.78 is 11.0. The van der Waals surface area contributed by atoms with E-state index in [2.05, 4.69) is 0 Å². The number of benzene rings is 1. The first kappa shape index (κ1) is 16.0. The second kappa shape index (κ2) is 7.12. The zero-order valence-electron chi connectivity index (χ0n) is 12.7. The number of amides is 1. The van der Waals surface area contributed by atoms with Crippen LogP contribution in [0.2, 0.25) is 0 Å². The molecule has 0 bridgehead atoms. The summed E-state index contributed by atoms with van der Waals surface area (Å²) in [6.45, 7) is 1.66. The molecule has 0 saturated carbocycles. The summed E-state index contributed by atoms with van der Waals surface area (Å²) in [5, 5.41) is 9.12. The topological polar surface area (TPSA) is 76.1 Å². The molecule has 1 saturated heterocycles. The highest BCUT2D eigenvalue weighted by molar-refractivity contribution is 7.99. The summed E-state index contributed by atoms with van der Waals surface area (Å²) in [4.78, 5) is 25.8. The third kappa shape index (κ3) is 3.72. The van der Waals surface area contributed by atoms with Crippen LogP contribution in [0.4, 0.5) is 0 Å². The normalized spacial score (nSPS) is 19.7. The van der Waals surface area contributed by atoms with E-state index in [4.69, 9.17) is 14.6 Å². The van der Waals surface area contributed by atoms with Gasteiger partial charge in [0.1, 0.15) is 19.3 Å². The maximum absolute atomic E-state index is 12.2. The van der Waals surface area contributed by atoms with Crippen molar-refractivity contribution in [2.24, 2.45) is 0 Å². The SMILES string of the molecule is O=C(O)[C@@H]1CCCN1C(=O)CCSc1ccc2c(c1)OCCO2. The summed E-state index contributed by atoms with van der Waals surface area (Å²) in [7, 11) is 0. The van der Waals surface area contributed by atoms with Crippen molar-refractivity contribution in [2.75, 3.05) is 25.5 Å². The third-order valence-corrected chi connectivity index (χ3v) is 4.95. The van der Waals surface area contributed by atoms with Crippen molar-refractivity contribution >= 4 is 23.6 Å². The van der Waals surface area contributed by atoms with Crippen molar-refractivity contribution in [1.29, 1.82) is 0 Å². The Hall–Kier alpha value is -1.89. The average Bonchev–Trinajstić information content (AvgIpc) is 3.04. The van der Waals surface area contributed by atoms with Crippen LogP contribution in [0.5, 0.6) is 11.5 Å². The van der Waals surface area contributed by atoms with Crippen LogP contribution in [0.3, 0.4) is 0 Å². The third-order valence-electron chi connectivity index (χ3n) is 3.96. The molecule has 1 atom stereocenters. The summed E-state index contributed by atoms with van der Waals surface area (Å²) >= 11 is 1.56. The van der Waals surface area contributed by atoms with Crippen LogP contribution in [0, 0.1) is 0 Å². The Morgan fingerprint density at radius 3 is 2.83 bits per heavy atom. The predicted molar refractivity (Wildman–Crippen MR) is 85.1 cm³/mol. The van der Waals surface area contributed by atoms with Gasteiger partial charge in [-0.05, 0) is 31.0 Å². The van der Waals surface area contributed by atoms with Crippen molar-refractivity contribution < 1.29 is 24.2 Å². The molecule has 2 heterocycles. The Balaban J connectivity index is 1.51. The minimum atomic E-state index is -0.907. The molecule has 2 aliphatic rings. The number of rotatable bonds is 5. The van der Waals surface area contributed by atoms with Crippen LogP contribution in [-0.4, -0.2) is 53.4 Å². The lowest BCUT2D eigenvalue weighted by Gasteiger charge is -2.21. The van der Waals surface area contributed by atoms with Gasteiger partial charge < -0.3 is 19.5 Å². The fourth-order valence-corrected chi connectivity index (χ4v) is 3.70. The molecule has 6 nitrogen and oxygen atoms in total. The number of nitrogens with zero attached hydrogens (tertiary/aromatic N) is 1. The number of ether oxygens (including phenoxy) is 2. The zero-order valence-corrected chi connectivity index (χ0v) is 13.5. The Morgan fingerprint density at radius 2 is 2.04 bits per heavy atom. The molecule has 3 rings (SSSR count). The molecular formula is C16H19NO5S. The van der Waals surface area contributed by atoms with Crippen LogP contribution in [0.1, 0.15) is 19.3 Å². The van der Waals surface area contributed by atoms with Gasteiger partial charge in [0.05, 0.1) is 0 Å². The number of carboxylic acid groups (broad SMARTS) is 1. The number of hydrogen-bond donors (Lipinski definition) is 1. The maximum atomic E-state index is 12.2. The Kier molecular flexibility index (Phi) is 4.95. The first-order valence-electron chi connectivity index (χ1n) is 7.70. The first-order valence-corrected chi connectivity index (χ1v) is 8.68. The molecule has 23 heavy (non-hydrogen) atoms. The van der Waals surface area contributed by atoms with Crippen LogP contribution in [-0.2, 0) is 9.59 Å². The quantitative estimate of drug-likeness (QED) is 0.829. The highest BCUT2D eigenvalue weighted by Crippen LogP contribution is 2.34. The van der Waals surface area contributed by atoms with Gasteiger partial charge >= 0.3 is 5.97 Å². The smallest absolute Gasteiger partial charge is 0.326 e. The highest BCUT2D eigenvalue weighted by Gasteiger charge is 2.33. The van der Waals surface area contributed by atoms with E-state index in [1.54, 1.807) is 11.8 Å². The summed E-state index contributed by atoms with van der Waals surface area (Å²) in [5.74, 6) is 1.10. The second-order valence-corrected chi connectivity index (χ2v) is 6.66. The Labute approximate surface area is 138 Å². The molecule has 124 valence electrons. The van der Waals surface area contributed by atoms with Crippen LogP contribution < -0.4 is 9.47 Å². The van der Waals surface area contributed by atoms with Crippen molar-refractivity contribution in [3.63, 3.8) is 0 Å². The van der Waals surface area contributed by atoms with E-state index < -0.39 is 12.0 Å². The molecule has 0 aromatic heterocycles. The van der Waals surface area contributed by atoms with Gasteiger partial charge in [0.15, 0.2) is 11.5 Å². The molecule has 1 aromatic carbocycles. The van der Waals surface area contributed by atoms with Gasteiger partial charge in [0, 0.05) is 23.6 Å². The van der Waals surface area contributed by atoms with Crippen molar-refractivity contribution in [3.05, 3.63) is 18.2 Å². The van der Waals surface area contributed by atoms with Gasteiger partial charge in [-0.15, -0.1) is 11.8 Å². The number of carboxylic acids is 1. The van der Waals surface area contributed by atoms with Crippen LogP contribution in [0.15, 0.2) is 23.1 Å². The van der Waals surface area contributed by atoms with Gasteiger partial charge in [-0.2, -0.15) is 0 Å². The van der Waals surface area contributed by atoms with Gasteiger partial charge in [-0.25, -0.2) is 4.79 Å². The van der Waals surface area contributed by atoms with Crippen molar-refractivity contribution in [1.82, 2.24) is 4.90 Å². The number of carbonyl (C=O) groups excluding carboxylic acids is 1. The molecule has 0 spiro atoms. The minimum absolute atomic E-state index is 0.0834. The highest BCUT2D eigenvalue weighted by atomic mass is 32.2. The van der Waals surface area contributed by atoms with Crippen LogP contribution >= 0.6 is 11.8 Å². The lowest BCUT2D eigenvalue weighted by molar-refractivity contribution is -0.148. The van der Waals surface area contributed by atoms with Gasteiger partial charge in [-0.1, -0.05) is 0 Å².